The Hall–Kier alpha value is -3.08. The number of rotatable bonds is 3. The molecular weight excluding hydrogens is 262 g/mol. The maximum Gasteiger partial charge on any atom is 0.164 e. The third-order valence-electron chi connectivity index (χ3n) is 3.04. The molecule has 3 aromatic rings. The number of nitrogens with one attached hydrogen (secondary N) is 1. The van der Waals surface area contributed by atoms with Gasteiger partial charge in [0.1, 0.15) is 5.69 Å². The van der Waals surface area contributed by atoms with Crippen LogP contribution in [0.3, 0.4) is 0 Å². The van der Waals surface area contributed by atoms with Crippen molar-refractivity contribution in [2.75, 3.05) is 16.8 Å². The van der Waals surface area contributed by atoms with Crippen molar-refractivity contribution in [2.45, 2.75) is 0 Å². The predicted octanol–water partition coefficient (Wildman–Crippen LogP) is 3.05. The van der Waals surface area contributed by atoms with Gasteiger partial charge in [-0.2, -0.15) is 0 Å². The molecule has 3 rings (SSSR count). The Morgan fingerprint density at radius 1 is 0.762 bits per heavy atom. The Bertz CT molecular complexity index is 741. The van der Waals surface area contributed by atoms with E-state index in [-0.39, 0.29) is 5.82 Å². The van der Waals surface area contributed by atoms with Gasteiger partial charge in [0.05, 0.1) is 0 Å². The van der Waals surface area contributed by atoms with E-state index in [0.717, 1.165) is 11.3 Å². The molecule has 0 atom stereocenters. The molecule has 5 heteroatoms. The van der Waals surface area contributed by atoms with Gasteiger partial charge < -0.3 is 16.8 Å². The quantitative estimate of drug-likeness (QED) is 0.684. The number of nitrogen functional groups attached to an aromatic ring is 2. The van der Waals surface area contributed by atoms with Crippen LogP contribution < -0.4 is 16.8 Å². The second kappa shape index (κ2) is 5.50. The SMILES string of the molecule is Nc1nc(-c2ccccc2)nc(Nc2ccccc2)c1N. The van der Waals surface area contributed by atoms with E-state index in [1.54, 1.807) is 0 Å². The molecule has 2 aromatic carbocycles. The number of benzene rings is 2. The molecule has 0 bridgehead atoms. The van der Waals surface area contributed by atoms with Gasteiger partial charge >= 0.3 is 0 Å². The standard InChI is InChI=1S/C16H15N5/c17-13-14(18)20-15(11-7-3-1-4-8-11)21-16(13)19-12-9-5-2-6-10-12/h1-10H,17H2,(H3,18,19,20,21). The van der Waals surface area contributed by atoms with Crippen molar-refractivity contribution in [2.24, 2.45) is 0 Å². The summed E-state index contributed by atoms with van der Waals surface area (Å²) in [6.07, 6.45) is 0. The molecule has 0 unspecified atom stereocenters. The van der Waals surface area contributed by atoms with Crippen LogP contribution in [-0.2, 0) is 0 Å². The first-order valence-electron chi connectivity index (χ1n) is 6.54. The first kappa shape index (κ1) is 12.9. The molecule has 104 valence electrons. The van der Waals surface area contributed by atoms with Gasteiger partial charge in [0.15, 0.2) is 17.5 Å². The van der Waals surface area contributed by atoms with Gasteiger partial charge in [-0.1, -0.05) is 48.5 Å². The molecule has 5 N–H and O–H groups in total. The Morgan fingerprint density at radius 3 is 2.05 bits per heavy atom. The second-order valence-corrected chi connectivity index (χ2v) is 4.55. The molecule has 0 saturated carbocycles. The fourth-order valence-electron chi connectivity index (χ4n) is 1.96. The van der Waals surface area contributed by atoms with E-state index in [1.165, 1.54) is 0 Å². The lowest BCUT2D eigenvalue weighted by Crippen LogP contribution is -2.07. The van der Waals surface area contributed by atoms with Crippen molar-refractivity contribution >= 4 is 23.0 Å². The monoisotopic (exact) mass is 277 g/mol. The molecule has 21 heavy (non-hydrogen) atoms. The number of nitrogens with zero attached hydrogens (tertiary/aromatic N) is 2. The van der Waals surface area contributed by atoms with Crippen LogP contribution in [0.5, 0.6) is 0 Å². The lowest BCUT2D eigenvalue weighted by atomic mass is 10.2. The van der Waals surface area contributed by atoms with Gasteiger partial charge in [-0.05, 0) is 12.1 Å². The van der Waals surface area contributed by atoms with Crippen LogP contribution in [0.4, 0.5) is 23.0 Å². The highest BCUT2D eigenvalue weighted by atomic mass is 15.1. The second-order valence-electron chi connectivity index (χ2n) is 4.55. The Balaban J connectivity index is 2.02. The summed E-state index contributed by atoms with van der Waals surface area (Å²) < 4.78 is 0. The average Bonchev–Trinajstić information content (AvgIpc) is 2.53. The largest absolute Gasteiger partial charge is 0.393 e. The molecule has 0 saturated heterocycles. The van der Waals surface area contributed by atoms with E-state index in [9.17, 15) is 0 Å². The molecule has 1 heterocycles. The molecule has 0 amide bonds. The van der Waals surface area contributed by atoms with Crippen molar-refractivity contribution < 1.29 is 0 Å². The third kappa shape index (κ3) is 2.76. The van der Waals surface area contributed by atoms with Crippen molar-refractivity contribution in [3.63, 3.8) is 0 Å². The minimum atomic E-state index is 0.266. The van der Waals surface area contributed by atoms with Crippen molar-refractivity contribution in [1.29, 1.82) is 0 Å². The Kier molecular flexibility index (Phi) is 3.39. The van der Waals surface area contributed by atoms with Crippen LogP contribution in [-0.4, -0.2) is 9.97 Å². The van der Waals surface area contributed by atoms with E-state index in [1.807, 2.05) is 60.7 Å². The smallest absolute Gasteiger partial charge is 0.164 e. The first-order chi connectivity index (χ1) is 10.2. The molecule has 0 aliphatic heterocycles. The van der Waals surface area contributed by atoms with Crippen molar-refractivity contribution in [3.8, 4) is 11.4 Å². The van der Waals surface area contributed by atoms with E-state index in [2.05, 4.69) is 15.3 Å². The van der Waals surface area contributed by atoms with Gasteiger partial charge in [-0.25, -0.2) is 9.97 Å². The van der Waals surface area contributed by atoms with Gasteiger partial charge in [0.2, 0.25) is 0 Å². The summed E-state index contributed by atoms with van der Waals surface area (Å²) in [4.78, 5) is 8.72. The summed E-state index contributed by atoms with van der Waals surface area (Å²) >= 11 is 0. The molecule has 1 aromatic heterocycles. The lowest BCUT2D eigenvalue weighted by Gasteiger charge is -2.11. The lowest BCUT2D eigenvalue weighted by molar-refractivity contribution is 1.19. The normalized spacial score (nSPS) is 10.3. The molecule has 5 nitrogen and oxygen atoms in total. The summed E-state index contributed by atoms with van der Waals surface area (Å²) in [7, 11) is 0. The van der Waals surface area contributed by atoms with Gasteiger partial charge in [-0.3, -0.25) is 0 Å². The zero-order valence-electron chi connectivity index (χ0n) is 11.3. The number of hydrogen-bond donors (Lipinski definition) is 3. The zero-order valence-corrected chi connectivity index (χ0v) is 11.3. The summed E-state index contributed by atoms with van der Waals surface area (Å²) in [6.45, 7) is 0. The number of aromatic nitrogens is 2. The average molecular weight is 277 g/mol. The highest BCUT2D eigenvalue weighted by Crippen LogP contribution is 2.28. The minimum absolute atomic E-state index is 0.266. The van der Waals surface area contributed by atoms with Crippen LogP contribution in [0.25, 0.3) is 11.4 Å². The fourth-order valence-corrected chi connectivity index (χ4v) is 1.96. The predicted molar refractivity (Wildman–Crippen MR) is 86.0 cm³/mol. The van der Waals surface area contributed by atoms with E-state index >= 15 is 0 Å². The maximum atomic E-state index is 5.96. The van der Waals surface area contributed by atoms with Gasteiger partial charge in [-0.15, -0.1) is 0 Å². The number of nitrogens with two attached hydrogens (primary N) is 2. The molecule has 0 aliphatic rings. The first-order valence-corrected chi connectivity index (χ1v) is 6.54. The summed E-state index contributed by atoms with van der Waals surface area (Å²) in [5.41, 5.74) is 14.0. The summed E-state index contributed by atoms with van der Waals surface area (Å²) in [6, 6.07) is 19.3. The maximum absolute atomic E-state index is 5.96. The fraction of sp³-hybridized carbons (Fsp3) is 0. The zero-order chi connectivity index (χ0) is 14.7. The molecular formula is C16H15N5. The van der Waals surface area contributed by atoms with E-state index < -0.39 is 0 Å². The number of hydrogen-bond acceptors (Lipinski definition) is 5. The summed E-state index contributed by atoms with van der Waals surface area (Å²) in [5, 5.41) is 3.17. The topological polar surface area (TPSA) is 89.8 Å². The molecule has 0 aliphatic carbocycles. The highest BCUT2D eigenvalue weighted by molar-refractivity contribution is 5.79. The van der Waals surface area contributed by atoms with Crippen molar-refractivity contribution in [3.05, 3.63) is 60.7 Å². The molecule has 0 fully saturated rings. The van der Waals surface area contributed by atoms with Crippen LogP contribution in [0.2, 0.25) is 0 Å². The minimum Gasteiger partial charge on any atom is -0.393 e. The van der Waals surface area contributed by atoms with Crippen LogP contribution in [0.1, 0.15) is 0 Å². The van der Waals surface area contributed by atoms with Crippen LogP contribution >= 0.6 is 0 Å². The van der Waals surface area contributed by atoms with Gasteiger partial charge in [0, 0.05) is 11.3 Å². The Labute approximate surface area is 122 Å². The van der Waals surface area contributed by atoms with Gasteiger partial charge in [0.25, 0.3) is 0 Å². The van der Waals surface area contributed by atoms with E-state index in [0.29, 0.717) is 17.3 Å². The van der Waals surface area contributed by atoms with Crippen LogP contribution in [0.15, 0.2) is 60.7 Å². The number of anilines is 4. The molecule has 0 spiro atoms. The van der Waals surface area contributed by atoms with Crippen molar-refractivity contribution in [1.82, 2.24) is 9.97 Å². The van der Waals surface area contributed by atoms with Crippen LogP contribution in [0, 0.1) is 0 Å². The summed E-state index contributed by atoms with van der Waals surface area (Å²) in [5.74, 6) is 1.32. The number of para-hydroxylation sites is 1. The van der Waals surface area contributed by atoms with E-state index in [4.69, 9.17) is 11.5 Å². The third-order valence-corrected chi connectivity index (χ3v) is 3.04. The molecule has 0 radical (unpaired) electrons. The Morgan fingerprint density at radius 2 is 1.38 bits per heavy atom. The highest BCUT2D eigenvalue weighted by Gasteiger charge is 2.11.